The fourth-order valence-corrected chi connectivity index (χ4v) is 2.53. The standard InChI is InChI=1S/C21H16O4/c22-19(15-9-3-1-4-10-15)20(16-11-5-2-6-12-16)25-18-14-8-7-13-17(18)21(23)24/h1-14,20H,(H,23,24). The van der Waals surface area contributed by atoms with E-state index >= 15 is 0 Å². The van der Waals surface area contributed by atoms with E-state index in [1.807, 2.05) is 24.3 Å². The predicted molar refractivity (Wildman–Crippen MR) is 94.0 cm³/mol. The van der Waals surface area contributed by atoms with Gasteiger partial charge in [0.05, 0.1) is 0 Å². The summed E-state index contributed by atoms with van der Waals surface area (Å²) in [4.78, 5) is 24.4. The molecule has 0 aliphatic rings. The number of Topliss-reactive ketones (excluding diaryl/α,β-unsaturated/α-hetero) is 1. The maximum atomic E-state index is 13.0. The van der Waals surface area contributed by atoms with Crippen LogP contribution in [0.15, 0.2) is 84.9 Å². The van der Waals surface area contributed by atoms with Crippen LogP contribution in [-0.4, -0.2) is 16.9 Å². The summed E-state index contributed by atoms with van der Waals surface area (Å²) in [5, 5.41) is 9.34. The summed E-state index contributed by atoms with van der Waals surface area (Å²) >= 11 is 0. The molecule has 1 unspecified atom stereocenters. The number of ether oxygens (including phenoxy) is 1. The van der Waals surface area contributed by atoms with E-state index in [0.29, 0.717) is 11.1 Å². The van der Waals surface area contributed by atoms with Crippen LogP contribution in [0, 0.1) is 0 Å². The number of hydrogen-bond donors (Lipinski definition) is 1. The number of hydrogen-bond acceptors (Lipinski definition) is 3. The smallest absolute Gasteiger partial charge is 0.339 e. The molecule has 0 aliphatic heterocycles. The Morgan fingerprint density at radius 1 is 0.760 bits per heavy atom. The Morgan fingerprint density at radius 2 is 1.32 bits per heavy atom. The van der Waals surface area contributed by atoms with E-state index in [1.165, 1.54) is 6.07 Å². The Kier molecular flexibility index (Phi) is 4.90. The minimum Gasteiger partial charge on any atom is -0.478 e. The first kappa shape index (κ1) is 16.5. The molecular weight excluding hydrogens is 316 g/mol. The Labute approximate surface area is 145 Å². The molecule has 25 heavy (non-hydrogen) atoms. The Morgan fingerprint density at radius 3 is 1.96 bits per heavy atom. The Balaban J connectivity index is 2.01. The number of carboxylic acids is 1. The first-order valence-corrected chi connectivity index (χ1v) is 7.80. The molecule has 1 N–H and O–H groups in total. The second kappa shape index (κ2) is 7.45. The van der Waals surface area contributed by atoms with E-state index in [1.54, 1.807) is 54.6 Å². The minimum absolute atomic E-state index is 0.0179. The second-order valence-electron chi connectivity index (χ2n) is 5.44. The summed E-state index contributed by atoms with van der Waals surface area (Å²) in [7, 11) is 0. The van der Waals surface area contributed by atoms with Crippen LogP contribution < -0.4 is 4.74 Å². The molecule has 4 heteroatoms. The van der Waals surface area contributed by atoms with Crippen molar-refractivity contribution < 1.29 is 19.4 Å². The molecule has 3 aromatic carbocycles. The van der Waals surface area contributed by atoms with Crippen LogP contribution in [0.3, 0.4) is 0 Å². The first-order valence-electron chi connectivity index (χ1n) is 7.80. The lowest BCUT2D eigenvalue weighted by Crippen LogP contribution is -2.20. The van der Waals surface area contributed by atoms with Crippen LogP contribution in [0.25, 0.3) is 0 Å². The topological polar surface area (TPSA) is 63.6 Å². The fraction of sp³-hybridized carbons (Fsp3) is 0.0476. The number of aromatic carboxylic acids is 1. The van der Waals surface area contributed by atoms with Crippen LogP contribution >= 0.6 is 0 Å². The van der Waals surface area contributed by atoms with Crippen molar-refractivity contribution in [3.8, 4) is 5.75 Å². The summed E-state index contributed by atoms with van der Waals surface area (Å²) in [5.74, 6) is -1.17. The van der Waals surface area contributed by atoms with Gasteiger partial charge in [-0.3, -0.25) is 4.79 Å². The molecule has 0 saturated carbocycles. The molecular formula is C21H16O4. The van der Waals surface area contributed by atoms with Crippen molar-refractivity contribution >= 4 is 11.8 Å². The summed E-state index contributed by atoms with van der Waals surface area (Å²) in [6.07, 6.45) is -0.927. The quantitative estimate of drug-likeness (QED) is 0.680. The number of carbonyl (C=O) groups excluding carboxylic acids is 1. The number of ketones is 1. The van der Waals surface area contributed by atoms with Crippen molar-refractivity contribution in [3.05, 3.63) is 102 Å². The van der Waals surface area contributed by atoms with Crippen LogP contribution in [0.1, 0.15) is 32.4 Å². The first-order chi connectivity index (χ1) is 12.2. The molecule has 0 bridgehead atoms. The normalized spacial score (nSPS) is 11.5. The Bertz CT molecular complexity index is 873. The van der Waals surface area contributed by atoms with Gasteiger partial charge in [0.2, 0.25) is 5.78 Å². The number of rotatable bonds is 6. The monoisotopic (exact) mass is 332 g/mol. The second-order valence-corrected chi connectivity index (χ2v) is 5.44. The zero-order valence-corrected chi connectivity index (χ0v) is 13.3. The molecule has 0 aliphatic carbocycles. The number of carbonyl (C=O) groups is 2. The highest BCUT2D eigenvalue weighted by Gasteiger charge is 2.25. The lowest BCUT2D eigenvalue weighted by atomic mass is 9.99. The lowest BCUT2D eigenvalue weighted by Gasteiger charge is -2.19. The highest BCUT2D eigenvalue weighted by Crippen LogP contribution is 2.28. The molecule has 0 heterocycles. The molecule has 0 aromatic heterocycles. The largest absolute Gasteiger partial charge is 0.478 e. The SMILES string of the molecule is O=C(O)c1ccccc1OC(C(=O)c1ccccc1)c1ccccc1. The summed E-state index contributed by atoms with van der Waals surface area (Å²) in [5.41, 5.74) is 1.19. The van der Waals surface area contributed by atoms with Gasteiger partial charge in [0.15, 0.2) is 6.10 Å². The van der Waals surface area contributed by atoms with Crippen molar-refractivity contribution in [2.24, 2.45) is 0 Å². The van der Waals surface area contributed by atoms with E-state index in [9.17, 15) is 14.7 Å². The zero-order chi connectivity index (χ0) is 17.6. The number of para-hydroxylation sites is 1. The highest BCUT2D eigenvalue weighted by atomic mass is 16.5. The molecule has 0 radical (unpaired) electrons. The maximum absolute atomic E-state index is 13.0. The van der Waals surface area contributed by atoms with Crippen LogP contribution in [0.4, 0.5) is 0 Å². The van der Waals surface area contributed by atoms with Crippen molar-refractivity contribution in [1.82, 2.24) is 0 Å². The molecule has 0 fully saturated rings. The molecule has 3 aromatic rings. The predicted octanol–water partition coefficient (Wildman–Crippen LogP) is 4.39. The molecule has 3 rings (SSSR count). The highest BCUT2D eigenvalue weighted by molar-refractivity contribution is 6.00. The number of benzene rings is 3. The van der Waals surface area contributed by atoms with E-state index in [-0.39, 0.29) is 17.1 Å². The number of carboxylic acid groups (broad SMARTS) is 1. The van der Waals surface area contributed by atoms with Gasteiger partial charge in [0.1, 0.15) is 11.3 Å². The van der Waals surface area contributed by atoms with Crippen molar-refractivity contribution in [3.63, 3.8) is 0 Å². The molecule has 1 atom stereocenters. The summed E-state index contributed by atoms with van der Waals surface area (Å²) in [6, 6.07) is 24.2. The van der Waals surface area contributed by atoms with Crippen LogP contribution in [0.2, 0.25) is 0 Å². The van der Waals surface area contributed by atoms with Gasteiger partial charge >= 0.3 is 5.97 Å². The van der Waals surface area contributed by atoms with E-state index < -0.39 is 12.1 Å². The molecule has 0 amide bonds. The average Bonchev–Trinajstić information content (AvgIpc) is 2.67. The van der Waals surface area contributed by atoms with Gasteiger partial charge in [0, 0.05) is 11.1 Å². The molecule has 0 spiro atoms. The van der Waals surface area contributed by atoms with Gasteiger partial charge < -0.3 is 9.84 Å². The van der Waals surface area contributed by atoms with Crippen LogP contribution in [-0.2, 0) is 0 Å². The Hall–Kier alpha value is -3.40. The van der Waals surface area contributed by atoms with Gasteiger partial charge in [-0.05, 0) is 12.1 Å². The average molecular weight is 332 g/mol. The van der Waals surface area contributed by atoms with Gasteiger partial charge in [-0.25, -0.2) is 4.79 Å². The van der Waals surface area contributed by atoms with E-state index in [0.717, 1.165) is 0 Å². The van der Waals surface area contributed by atoms with E-state index in [4.69, 9.17) is 4.74 Å². The van der Waals surface area contributed by atoms with Gasteiger partial charge in [-0.1, -0.05) is 72.8 Å². The molecule has 124 valence electrons. The third-order valence-electron chi connectivity index (χ3n) is 3.76. The summed E-state index contributed by atoms with van der Waals surface area (Å²) in [6.45, 7) is 0. The third kappa shape index (κ3) is 3.75. The van der Waals surface area contributed by atoms with Gasteiger partial charge in [-0.2, -0.15) is 0 Å². The third-order valence-corrected chi connectivity index (χ3v) is 3.76. The molecule has 0 saturated heterocycles. The van der Waals surface area contributed by atoms with Crippen molar-refractivity contribution in [2.75, 3.05) is 0 Å². The zero-order valence-electron chi connectivity index (χ0n) is 13.3. The van der Waals surface area contributed by atoms with Gasteiger partial charge in [0.25, 0.3) is 0 Å². The molecule has 4 nitrogen and oxygen atoms in total. The lowest BCUT2D eigenvalue weighted by molar-refractivity contribution is 0.0675. The van der Waals surface area contributed by atoms with Crippen molar-refractivity contribution in [1.29, 1.82) is 0 Å². The summed E-state index contributed by atoms with van der Waals surface area (Å²) < 4.78 is 5.88. The van der Waals surface area contributed by atoms with E-state index in [2.05, 4.69) is 0 Å². The van der Waals surface area contributed by atoms with Crippen LogP contribution in [0.5, 0.6) is 5.75 Å². The van der Waals surface area contributed by atoms with Gasteiger partial charge in [-0.15, -0.1) is 0 Å². The minimum atomic E-state index is -1.10. The maximum Gasteiger partial charge on any atom is 0.339 e. The van der Waals surface area contributed by atoms with Crippen molar-refractivity contribution in [2.45, 2.75) is 6.10 Å². The fourth-order valence-electron chi connectivity index (χ4n) is 2.53.